The molecular weight excluding hydrogens is 232 g/mol. The molecule has 0 bridgehead atoms. The highest BCUT2D eigenvalue weighted by Gasteiger charge is 2.07. The molecule has 0 aliphatic rings. The van der Waals surface area contributed by atoms with E-state index >= 15 is 0 Å². The first kappa shape index (κ1) is 11.8. The molecule has 0 saturated carbocycles. The molecule has 17 heavy (non-hydrogen) atoms. The Labute approximate surface area is 106 Å². The Morgan fingerprint density at radius 1 is 1.12 bits per heavy atom. The van der Waals surface area contributed by atoms with Crippen LogP contribution in [0.15, 0.2) is 48.5 Å². The molecule has 2 aromatic rings. The van der Waals surface area contributed by atoms with Gasteiger partial charge in [-0.15, -0.1) is 0 Å². The first-order valence-corrected chi connectivity index (χ1v) is 5.91. The highest BCUT2D eigenvalue weighted by Crippen LogP contribution is 2.27. The largest absolute Gasteiger partial charge is 0.399 e. The minimum absolute atomic E-state index is 0.206. The predicted octanol–water partition coefficient (Wildman–Crippen LogP) is 4.10. The lowest BCUT2D eigenvalue weighted by Crippen LogP contribution is -2.06. The van der Waals surface area contributed by atoms with Crippen molar-refractivity contribution in [2.75, 3.05) is 11.1 Å². The van der Waals surface area contributed by atoms with E-state index in [1.165, 1.54) is 5.56 Å². The molecule has 1 atom stereocenters. The lowest BCUT2D eigenvalue weighted by molar-refractivity contribution is 0.885. The Morgan fingerprint density at radius 2 is 1.82 bits per heavy atom. The third-order valence-electron chi connectivity index (χ3n) is 2.66. The smallest absolute Gasteiger partial charge is 0.0658 e. The first-order chi connectivity index (χ1) is 8.16. The second kappa shape index (κ2) is 5.11. The van der Waals surface area contributed by atoms with E-state index in [0.29, 0.717) is 10.7 Å². The highest BCUT2D eigenvalue weighted by atomic mass is 35.5. The Balaban J connectivity index is 2.16. The fraction of sp³-hybridized carbons (Fsp3) is 0.143. The van der Waals surface area contributed by atoms with Gasteiger partial charge in [0.2, 0.25) is 0 Å². The van der Waals surface area contributed by atoms with Crippen LogP contribution in [-0.4, -0.2) is 0 Å². The van der Waals surface area contributed by atoms with Crippen molar-refractivity contribution in [1.82, 2.24) is 0 Å². The second-order valence-electron chi connectivity index (χ2n) is 4.02. The Hall–Kier alpha value is -1.67. The summed E-state index contributed by atoms with van der Waals surface area (Å²) < 4.78 is 0. The molecule has 0 heterocycles. The quantitative estimate of drug-likeness (QED) is 0.801. The summed E-state index contributed by atoms with van der Waals surface area (Å²) in [7, 11) is 0. The van der Waals surface area contributed by atoms with E-state index in [9.17, 15) is 0 Å². The molecule has 2 nitrogen and oxygen atoms in total. The van der Waals surface area contributed by atoms with E-state index in [4.69, 9.17) is 17.3 Å². The fourth-order valence-electron chi connectivity index (χ4n) is 1.71. The molecule has 0 aliphatic carbocycles. The zero-order valence-corrected chi connectivity index (χ0v) is 10.4. The molecule has 0 amide bonds. The third-order valence-corrected chi connectivity index (χ3v) is 2.98. The van der Waals surface area contributed by atoms with Crippen molar-refractivity contribution in [2.45, 2.75) is 13.0 Å². The lowest BCUT2D eigenvalue weighted by atomic mass is 10.1. The predicted molar refractivity (Wildman–Crippen MR) is 74.3 cm³/mol. The molecule has 0 radical (unpaired) electrons. The van der Waals surface area contributed by atoms with Crippen LogP contribution in [0, 0.1) is 0 Å². The monoisotopic (exact) mass is 246 g/mol. The standard InChI is InChI=1S/C14H15ClN2/c1-10(11-5-3-2-4-6-11)17-14-8-7-12(16)9-13(14)15/h2-10,17H,16H2,1H3/t10-/m1/s1. The number of halogens is 1. The summed E-state index contributed by atoms with van der Waals surface area (Å²) in [6.07, 6.45) is 0. The number of hydrogen-bond acceptors (Lipinski definition) is 2. The molecule has 88 valence electrons. The number of rotatable bonds is 3. The van der Waals surface area contributed by atoms with Gasteiger partial charge in [-0.05, 0) is 30.7 Å². The Kier molecular flexibility index (Phi) is 3.55. The van der Waals surface area contributed by atoms with Crippen LogP contribution < -0.4 is 11.1 Å². The van der Waals surface area contributed by atoms with Gasteiger partial charge in [-0.3, -0.25) is 0 Å². The number of nitrogens with one attached hydrogen (secondary N) is 1. The number of benzene rings is 2. The van der Waals surface area contributed by atoms with Crippen molar-refractivity contribution in [3.8, 4) is 0 Å². The van der Waals surface area contributed by atoms with Gasteiger partial charge in [0, 0.05) is 11.7 Å². The number of anilines is 2. The fourth-order valence-corrected chi connectivity index (χ4v) is 1.95. The van der Waals surface area contributed by atoms with Crippen molar-refractivity contribution >= 4 is 23.0 Å². The first-order valence-electron chi connectivity index (χ1n) is 5.53. The molecule has 3 heteroatoms. The van der Waals surface area contributed by atoms with Crippen LogP contribution in [-0.2, 0) is 0 Å². The summed E-state index contributed by atoms with van der Waals surface area (Å²) in [5.74, 6) is 0. The topological polar surface area (TPSA) is 38.0 Å². The zero-order valence-electron chi connectivity index (χ0n) is 9.65. The Bertz CT molecular complexity index is 497. The van der Waals surface area contributed by atoms with E-state index in [2.05, 4.69) is 24.4 Å². The van der Waals surface area contributed by atoms with E-state index in [1.54, 1.807) is 6.07 Å². The zero-order chi connectivity index (χ0) is 12.3. The minimum atomic E-state index is 0.206. The normalized spacial score (nSPS) is 12.1. The van der Waals surface area contributed by atoms with Gasteiger partial charge in [0.05, 0.1) is 10.7 Å². The molecule has 0 aliphatic heterocycles. The van der Waals surface area contributed by atoms with Gasteiger partial charge in [0.1, 0.15) is 0 Å². The maximum atomic E-state index is 6.12. The molecule has 3 N–H and O–H groups in total. The number of nitrogen functional groups attached to an aromatic ring is 1. The van der Waals surface area contributed by atoms with Crippen LogP contribution in [0.1, 0.15) is 18.5 Å². The Morgan fingerprint density at radius 3 is 2.47 bits per heavy atom. The minimum Gasteiger partial charge on any atom is -0.399 e. The summed E-state index contributed by atoms with van der Waals surface area (Å²) in [5, 5.41) is 4.01. The summed E-state index contributed by atoms with van der Waals surface area (Å²) in [6, 6.07) is 15.9. The second-order valence-corrected chi connectivity index (χ2v) is 4.42. The van der Waals surface area contributed by atoms with Crippen LogP contribution in [0.5, 0.6) is 0 Å². The molecule has 0 fully saturated rings. The van der Waals surface area contributed by atoms with Gasteiger partial charge in [-0.2, -0.15) is 0 Å². The summed E-state index contributed by atoms with van der Waals surface area (Å²) in [6.45, 7) is 2.10. The van der Waals surface area contributed by atoms with Gasteiger partial charge in [0.15, 0.2) is 0 Å². The average molecular weight is 247 g/mol. The summed E-state index contributed by atoms with van der Waals surface area (Å²) in [5.41, 5.74) is 8.45. The van der Waals surface area contributed by atoms with Gasteiger partial charge in [-0.25, -0.2) is 0 Å². The molecule has 0 aromatic heterocycles. The molecule has 0 unspecified atom stereocenters. The SMILES string of the molecule is C[C@@H](Nc1ccc(N)cc1Cl)c1ccccc1. The van der Waals surface area contributed by atoms with Crippen molar-refractivity contribution < 1.29 is 0 Å². The van der Waals surface area contributed by atoms with Crippen molar-refractivity contribution in [3.63, 3.8) is 0 Å². The van der Waals surface area contributed by atoms with Gasteiger partial charge < -0.3 is 11.1 Å². The van der Waals surface area contributed by atoms with Gasteiger partial charge in [0.25, 0.3) is 0 Å². The van der Waals surface area contributed by atoms with Crippen molar-refractivity contribution in [1.29, 1.82) is 0 Å². The molecule has 0 saturated heterocycles. The number of hydrogen-bond donors (Lipinski definition) is 2. The van der Waals surface area contributed by atoms with E-state index in [-0.39, 0.29) is 6.04 Å². The van der Waals surface area contributed by atoms with E-state index in [1.807, 2.05) is 30.3 Å². The van der Waals surface area contributed by atoms with Crippen LogP contribution in [0.3, 0.4) is 0 Å². The summed E-state index contributed by atoms with van der Waals surface area (Å²) in [4.78, 5) is 0. The molecule has 0 spiro atoms. The van der Waals surface area contributed by atoms with Crippen molar-refractivity contribution in [2.24, 2.45) is 0 Å². The van der Waals surface area contributed by atoms with Crippen LogP contribution in [0.2, 0.25) is 5.02 Å². The molecule has 2 rings (SSSR count). The maximum Gasteiger partial charge on any atom is 0.0658 e. The molecular formula is C14H15ClN2. The molecule has 2 aromatic carbocycles. The van der Waals surface area contributed by atoms with Crippen LogP contribution in [0.4, 0.5) is 11.4 Å². The van der Waals surface area contributed by atoms with Crippen LogP contribution in [0.25, 0.3) is 0 Å². The highest BCUT2D eigenvalue weighted by molar-refractivity contribution is 6.33. The van der Waals surface area contributed by atoms with Crippen LogP contribution >= 0.6 is 11.6 Å². The van der Waals surface area contributed by atoms with E-state index < -0.39 is 0 Å². The lowest BCUT2D eigenvalue weighted by Gasteiger charge is -2.16. The maximum absolute atomic E-state index is 6.12. The van der Waals surface area contributed by atoms with Gasteiger partial charge in [-0.1, -0.05) is 41.9 Å². The number of nitrogens with two attached hydrogens (primary N) is 1. The van der Waals surface area contributed by atoms with Crippen molar-refractivity contribution in [3.05, 3.63) is 59.1 Å². The third kappa shape index (κ3) is 2.92. The summed E-state index contributed by atoms with van der Waals surface area (Å²) >= 11 is 6.12. The van der Waals surface area contributed by atoms with Gasteiger partial charge >= 0.3 is 0 Å². The van der Waals surface area contributed by atoms with E-state index in [0.717, 1.165) is 5.69 Å². The average Bonchev–Trinajstić information content (AvgIpc) is 2.34.